The second kappa shape index (κ2) is 10.8. The van der Waals surface area contributed by atoms with Crippen molar-refractivity contribution in [2.75, 3.05) is 26.0 Å². The van der Waals surface area contributed by atoms with Crippen molar-refractivity contribution in [3.05, 3.63) is 32.4 Å². The Morgan fingerprint density at radius 2 is 2.10 bits per heavy atom. The van der Waals surface area contributed by atoms with Crippen LogP contribution in [0.4, 0.5) is 0 Å². The van der Waals surface area contributed by atoms with Crippen molar-refractivity contribution < 1.29 is 9.53 Å². The van der Waals surface area contributed by atoms with E-state index in [0.29, 0.717) is 24.9 Å². The zero-order valence-electron chi connectivity index (χ0n) is 18.2. The van der Waals surface area contributed by atoms with E-state index in [1.165, 1.54) is 53.5 Å². The quantitative estimate of drug-likeness (QED) is 0.346. The van der Waals surface area contributed by atoms with Gasteiger partial charge in [-0.05, 0) is 63.4 Å². The number of hydrogen-bond donors (Lipinski definition) is 1. The lowest BCUT2D eigenvalue weighted by molar-refractivity contribution is -0.118. The van der Waals surface area contributed by atoms with Crippen LogP contribution in [0.3, 0.4) is 0 Å². The summed E-state index contributed by atoms with van der Waals surface area (Å²) < 4.78 is 6.91. The predicted molar refractivity (Wildman–Crippen MR) is 127 cm³/mol. The molecule has 2 heterocycles. The number of amides is 1. The van der Waals surface area contributed by atoms with Crippen molar-refractivity contribution >= 4 is 39.2 Å². The lowest BCUT2D eigenvalue weighted by Crippen LogP contribution is -2.28. The van der Waals surface area contributed by atoms with Crippen molar-refractivity contribution in [2.24, 2.45) is 0 Å². The summed E-state index contributed by atoms with van der Waals surface area (Å²) in [6.07, 6.45) is 12.4. The highest BCUT2D eigenvalue weighted by atomic mass is 32.2. The molecule has 0 spiro atoms. The fourth-order valence-corrected chi connectivity index (χ4v) is 6.54. The number of nitrogens with one attached hydrogen (secondary N) is 1. The van der Waals surface area contributed by atoms with Crippen LogP contribution in [-0.2, 0) is 28.9 Å². The topological polar surface area (TPSA) is 73.2 Å². The molecule has 8 heteroatoms. The third-order valence-corrected chi connectivity index (χ3v) is 8.21. The molecule has 0 radical (unpaired) electrons. The van der Waals surface area contributed by atoms with Crippen molar-refractivity contribution in [2.45, 2.75) is 69.5 Å². The number of nitrogens with zero attached hydrogens (tertiary/aromatic N) is 2. The van der Waals surface area contributed by atoms with E-state index in [-0.39, 0.29) is 17.2 Å². The molecule has 0 aromatic carbocycles. The van der Waals surface area contributed by atoms with Gasteiger partial charge in [0.1, 0.15) is 4.83 Å². The Labute approximate surface area is 191 Å². The summed E-state index contributed by atoms with van der Waals surface area (Å²) in [7, 11) is 1.63. The van der Waals surface area contributed by atoms with Crippen molar-refractivity contribution in [1.29, 1.82) is 0 Å². The molecular weight excluding hydrogens is 430 g/mol. The molecule has 168 valence electrons. The summed E-state index contributed by atoms with van der Waals surface area (Å²) in [6.45, 7) is 1.56. The second-order valence-electron chi connectivity index (χ2n) is 8.23. The number of carbonyl (C=O) groups excluding carboxylic acids is 1. The van der Waals surface area contributed by atoms with Crippen molar-refractivity contribution in [3.63, 3.8) is 0 Å². The van der Waals surface area contributed by atoms with Crippen molar-refractivity contribution in [3.8, 4) is 0 Å². The summed E-state index contributed by atoms with van der Waals surface area (Å²) >= 11 is 2.99. The highest BCUT2D eigenvalue weighted by Crippen LogP contribution is 2.34. The van der Waals surface area contributed by atoms with Gasteiger partial charge in [-0.2, -0.15) is 0 Å². The fourth-order valence-electron chi connectivity index (χ4n) is 4.39. The number of ether oxygens (including phenoxy) is 1. The molecule has 0 atom stereocenters. The lowest BCUT2D eigenvalue weighted by Gasteiger charge is -2.14. The standard InChI is InChI=1S/C23H31N3O3S2/c1-29-14-13-26-22(28)20-17-9-5-6-10-18(17)31-21(20)25-23(26)30-15-19(27)24-12-11-16-7-3-2-4-8-16/h7H,2-6,8-15H2,1H3,(H,24,27). The Balaban J connectivity index is 1.46. The van der Waals surface area contributed by atoms with Crippen LogP contribution in [0.15, 0.2) is 21.6 Å². The molecule has 0 saturated carbocycles. The molecular formula is C23H31N3O3S2. The lowest BCUT2D eigenvalue weighted by atomic mass is 9.97. The van der Waals surface area contributed by atoms with Gasteiger partial charge in [0.2, 0.25) is 5.91 Å². The molecule has 1 N–H and O–H groups in total. The number of aromatic nitrogens is 2. The van der Waals surface area contributed by atoms with E-state index in [4.69, 9.17) is 9.72 Å². The molecule has 1 amide bonds. The van der Waals surface area contributed by atoms with Crippen LogP contribution < -0.4 is 10.9 Å². The number of fused-ring (bicyclic) bond motifs is 3. The molecule has 0 aliphatic heterocycles. The van der Waals surface area contributed by atoms with Crippen LogP contribution >= 0.6 is 23.1 Å². The molecule has 4 rings (SSSR count). The Kier molecular flexibility index (Phi) is 7.85. The number of aryl methyl sites for hydroxylation is 2. The molecule has 2 aromatic rings. The zero-order chi connectivity index (χ0) is 21.6. The van der Waals surface area contributed by atoms with Gasteiger partial charge in [-0.15, -0.1) is 11.3 Å². The average molecular weight is 462 g/mol. The molecule has 2 aliphatic rings. The number of thioether (sulfide) groups is 1. The van der Waals surface area contributed by atoms with E-state index in [1.807, 2.05) is 0 Å². The predicted octanol–water partition coefficient (Wildman–Crippen LogP) is 4.08. The normalized spacial score (nSPS) is 16.2. The number of hydrogen-bond acceptors (Lipinski definition) is 6. The van der Waals surface area contributed by atoms with Gasteiger partial charge in [0.15, 0.2) is 5.16 Å². The maximum Gasteiger partial charge on any atom is 0.263 e. The first-order valence-electron chi connectivity index (χ1n) is 11.3. The van der Waals surface area contributed by atoms with E-state index < -0.39 is 0 Å². The number of allylic oxidation sites excluding steroid dienone is 1. The van der Waals surface area contributed by atoms with E-state index in [2.05, 4.69) is 11.4 Å². The second-order valence-corrected chi connectivity index (χ2v) is 10.3. The summed E-state index contributed by atoms with van der Waals surface area (Å²) in [6, 6.07) is 0. The van der Waals surface area contributed by atoms with Crippen LogP contribution in [0, 0.1) is 0 Å². The zero-order valence-corrected chi connectivity index (χ0v) is 19.8. The summed E-state index contributed by atoms with van der Waals surface area (Å²) in [5, 5.41) is 4.41. The minimum absolute atomic E-state index is 0.00796. The van der Waals surface area contributed by atoms with Gasteiger partial charge in [-0.3, -0.25) is 14.2 Å². The van der Waals surface area contributed by atoms with Gasteiger partial charge < -0.3 is 10.1 Å². The Hall–Kier alpha value is -1.64. The van der Waals surface area contributed by atoms with Crippen LogP contribution in [-0.4, -0.2) is 41.5 Å². The van der Waals surface area contributed by atoms with Crippen LogP contribution in [0.5, 0.6) is 0 Å². The molecule has 2 aromatic heterocycles. The Morgan fingerprint density at radius 3 is 2.90 bits per heavy atom. The van der Waals surface area contributed by atoms with Gasteiger partial charge in [0.05, 0.1) is 24.3 Å². The molecule has 0 bridgehead atoms. The molecule has 0 fully saturated rings. The SMILES string of the molecule is COCCn1c(SCC(=O)NCCC2=CCCCC2)nc2sc3c(c2c1=O)CCCC3. The van der Waals surface area contributed by atoms with Gasteiger partial charge in [0, 0.05) is 18.5 Å². The van der Waals surface area contributed by atoms with E-state index >= 15 is 0 Å². The van der Waals surface area contributed by atoms with E-state index in [0.717, 1.165) is 42.3 Å². The molecule has 6 nitrogen and oxygen atoms in total. The van der Waals surface area contributed by atoms with Crippen LogP contribution in [0.1, 0.15) is 55.4 Å². The number of rotatable bonds is 9. The third kappa shape index (κ3) is 5.41. The van der Waals surface area contributed by atoms with Gasteiger partial charge in [-0.25, -0.2) is 4.98 Å². The van der Waals surface area contributed by atoms with Gasteiger partial charge >= 0.3 is 0 Å². The number of carbonyl (C=O) groups is 1. The smallest absolute Gasteiger partial charge is 0.263 e. The van der Waals surface area contributed by atoms with Crippen LogP contribution in [0.2, 0.25) is 0 Å². The van der Waals surface area contributed by atoms with Gasteiger partial charge in [0.25, 0.3) is 5.56 Å². The maximum absolute atomic E-state index is 13.3. The monoisotopic (exact) mass is 461 g/mol. The summed E-state index contributed by atoms with van der Waals surface area (Å²) in [4.78, 5) is 32.7. The van der Waals surface area contributed by atoms with Crippen molar-refractivity contribution in [1.82, 2.24) is 14.9 Å². The van der Waals surface area contributed by atoms with Crippen LogP contribution in [0.25, 0.3) is 10.2 Å². The molecule has 0 saturated heterocycles. The average Bonchev–Trinajstić information content (AvgIpc) is 3.16. The summed E-state index contributed by atoms with van der Waals surface area (Å²) in [5.41, 5.74) is 2.66. The number of thiophene rings is 1. The van der Waals surface area contributed by atoms with E-state index in [1.54, 1.807) is 23.0 Å². The Bertz CT molecular complexity index is 1030. The summed E-state index contributed by atoms with van der Waals surface area (Å²) in [5.74, 6) is 0.245. The molecule has 0 unspecified atom stereocenters. The largest absolute Gasteiger partial charge is 0.383 e. The first-order valence-corrected chi connectivity index (χ1v) is 13.1. The maximum atomic E-state index is 13.3. The minimum atomic E-state index is -0.0143. The minimum Gasteiger partial charge on any atom is -0.383 e. The number of methoxy groups -OCH3 is 1. The first-order chi connectivity index (χ1) is 15.2. The van der Waals surface area contributed by atoms with Gasteiger partial charge in [-0.1, -0.05) is 23.4 Å². The molecule has 2 aliphatic carbocycles. The van der Waals surface area contributed by atoms with E-state index in [9.17, 15) is 9.59 Å². The highest BCUT2D eigenvalue weighted by Gasteiger charge is 2.22. The first kappa shape index (κ1) is 22.6. The molecule has 31 heavy (non-hydrogen) atoms. The fraction of sp³-hybridized carbons (Fsp3) is 0.609. The third-order valence-electron chi connectivity index (χ3n) is 6.04. The highest BCUT2D eigenvalue weighted by molar-refractivity contribution is 7.99. The Morgan fingerprint density at radius 1 is 1.26 bits per heavy atom.